The molecule has 1 N–H and O–H groups in total. The maximum Gasteiger partial charge on any atom is 0.454 e. The first kappa shape index (κ1) is 50.3. The van der Waals surface area contributed by atoms with Crippen LogP contribution in [0.15, 0.2) is 40.5 Å². The molecule has 0 saturated heterocycles. The van der Waals surface area contributed by atoms with E-state index in [2.05, 4.69) is 30.4 Å². The monoisotopic (exact) mass is 839 g/mol. The van der Waals surface area contributed by atoms with Gasteiger partial charge in [-0.3, -0.25) is 4.55 Å². The van der Waals surface area contributed by atoms with E-state index in [4.69, 9.17) is 4.55 Å². The van der Waals surface area contributed by atoms with Gasteiger partial charge in [-0.2, -0.15) is 91.8 Å². The second kappa shape index (κ2) is 17.8. The van der Waals surface area contributed by atoms with E-state index in [1.165, 1.54) is 58.2 Å². The fraction of sp³-hybridized carbons (Fsp3) is 0.714. The van der Waals surface area contributed by atoms with Crippen LogP contribution in [-0.2, 0) is 10.1 Å². The zero-order chi connectivity index (χ0) is 42.3. The lowest BCUT2D eigenvalue weighted by Crippen LogP contribution is -2.73. The van der Waals surface area contributed by atoms with Gasteiger partial charge in [0.15, 0.2) is 0 Å². The molecule has 1 aromatic carbocycles. The number of hydrogen-bond acceptors (Lipinski definition) is 4. The van der Waals surface area contributed by atoms with Gasteiger partial charge in [-0.1, -0.05) is 40.0 Å². The Balaban J connectivity index is 0.00000176. The number of alkyl halides is 19. The predicted molar refractivity (Wildman–Crippen MR) is 148 cm³/mol. The van der Waals surface area contributed by atoms with Crippen molar-refractivity contribution in [2.75, 3.05) is 19.6 Å². The van der Waals surface area contributed by atoms with Crippen molar-refractivity contribution in [2.24, 2.45) is 5.41 Å². The summed E-state index contributed by atoms with van der Waals surface area (Å²) in [6.07, 6.45) is -33.4. The Labute approximate surface area is 289 Å². The molecular weight excluding hydrogens is 807 g/mol. The second-order valence-corrected chi connectivity index (χ2v) is 12.5. The standard InChI is InChI=1S/C16H5F19O4S.C12H27N/c17-10(18,19)7(8(11(20,21)22)39-5-1-3-6(4-2-5)40(36,37)38)9(14(27,28)29,12(23,24)15(30,31)32)13(25,26)16(33,34)35;1-4-7-10-13(11-8-5-2)12-9-6-3/h1-4H,(H,36,37,38);4-12H2,1-3H3/b8-7+;. The Kier molecular flexibility index (Phi) is 16.9. The van der Waals surface area contributed by atoms with E-state index in [0.29, 0.717) is 0 Å². The van der Waals surface area contributed by atoms with Gasteiger partial charge in [0.1, 0.15) is 11.3 Å². The molecule has 312 valence electrons. The highest BCUT2D eigenvalue weighted by atomic mass is 32.2. The average Bonchev–Trinajstić information content (AvgIpc) is 2.95. The largest absolute Gasteiger partial charge is 0.454 e. The molecule has 0 fully saturated rings. The van der Waals surface area contributed by atoms with Crippen LogP contribution in [0.3, 0.4) is 0 Å². The first-order valence-corrected chi connectivity index (χ1v) is 16.3. The van der Waals surface area contributed by atoms with Crippen molar-refractivity contribution in [3.63, 3.8) is 0 Å². The van der Waals surface area contributed by atoms with E-state index >= 15 is 0 Å². The van der Waals surface area contributed by atoms with Gasteiger partial charge in [-0.05, 0) is 63.2 Å². The van der Waals surface area contributed by atoms with Gasteiger partial charge in [0, 0.05) is 0 Å². The normalized spacial score (nSPS) is 14.9. The average molecular weight is 840 g/mol. The van der Waals surface area contributed by atoms with Gasteiger partial charge >= 0.3 is 42.7 Å². The number of hydrogen-bond donors (Lipinski definition) is 1. The molecule has 0 heterocycles. The minimum atomic E-state index is -9.15. The number of ether oxygens (including phenoxy) is 1. The molecule has 0 unspecified atom stereocenters. The van der Waals surface area contributed by atoms with Crippen LogP contribution in [0.25, 0.3) is 0 Å². The Morgan fingerprint density at radius 3 is 1.15 bits per heavy atom. The van der Waals surface area contributed by atoms with Crippen LogP contribution in [0.1, 0.15) is 59.3 Å². The number of unbranched alkanes of at least 4 members (excludes halogenated alkanes) is 3. The molecule has 0 atom stereocenters. The van der Waals surface area contributed by atoms with E-state index in [1.54, 1.807) is 0 Å². The topological polar surface area (TPSA) is 66.8 Å². The Bertz CT molecular complexity index is 1380. The number of rotatable bonds is 15. The van der Waals surface area contributed by atoms with Crippen LogP contribution in [0.2, 0.25) is 0 Å². The zero-order valence-electron chi connectivity index (χ0n) is 27.4. The molecule has 0 saturated carbocycles. The number of halogens is 19. The van der Waals surface area contributed by atoms with E-state index in [1.807, 2.05) is 0 Å². The molecule has 0 aliphatic carbocycles. The zero-order valence-corrected chi connectivity index (χ0v) is 28.2. The summed E-state index contributed by atoms with van der Waals surface area (Å²) < 4.78 is 290. The summed E-state index contributed by atoms with van der Waals surface area (Å²) in [7, 11) is -5.30. The lowest BCUT2D eigenvalue weighted by atomic mass is 9.66. The van der Waals surface area contributed by atoms with Crippen molar-refractivity contribution in [1.82, 2.24) is 4.90 Å². The molecule has 25 heteroatoms. The molecule has 0 radical (unpaired) electrons. The summed E-state index contributed by atoms with van der Waals surface area (Å²) in [5.74, 6) is -25.1. The molecule has 5 nitrogen and oxygen atoms in total. The highest BCUT2D eigenvalue weighted by molar-refractivity contribution is 7.85. The molecule has 0 amide bonds. The van der Waals surface area contributed by atoms with E-state index < -0.39 is 80.2 Å². The number of benzene rings is 1. The smallest absolute Gasteiger partial charge is 0.452 e. The fourth-order valence-electron chi connectivity index (χ4n) is 4.47. The van der Waals surface area contributed by atoms with Crippen LogP contribution in [0, 0.1) is 5.41 Å². The molecule has 1 rings (SSSR count). The van der Waals surface area contributed by atoms with Crippen molar-refractivity contribution in [3.05, 3.63) is 35.6 Å². The van der Waals surface area contributed by atoms with E-state index in [0.717, 1.165) is 0 Å². The summed E-state index contributed by atoms with van der Waals surface area (Å²) in [6, 6.07) is -0.918. The molecule has 1 aromatic rings. The lowest BCUT2D eigenvalue weighted by molar-refractivity contribution is -0.457. The first-order valence-electron chi connectivity index (χ1n) is 14.9. The second-order valence-electron chi connectivity index (χ2n) is 11.0. The predicted octanol–water partition coefficient (Wildman–Crippen LogP) is 11.3. The van der Waals surface area contributed by atoms with Gasteiger partial charge in [0.25, 0.3) is 10.1 Å². The van der Waals surface area contributed by atoms with Crippen LogP contribution in [0.4, 0.5) is 83.4 Å². The van der Waals surface area contributed by atoms with Crippen LogP contribution < -0.4 is 4.74 Å². The Hall–Kier alpha value is -2.70. The molecule has 0 aliphatic heterocycles. The van der Waals surface area contributed by atoms with Crippen molar-refractivity contribution < 1.29 is 101 Å². The molecule has 0 aliphatic rings. The van der Waals surface area contributed by atoms with Crippen LogP contribution >= 0.6 is 0 Å². The van der Waals surface area contributed by atoms with Gasteiger partial charge in [0.05, 0.1) is 4.90 Å². The third kappa shape index (κ3) is 11.9. The van der Waals surface area contributed by atoms with Crippen molar-refractivity contribution in [1.29, 1.82) is 0 Å². The SMILES string of the molecule is CCCCN(CCCC)CCCC.O=S(=O)(O)c1ccc(O/C(=C(/C(F)(F)F)C(C(F)(F)F)(C(F)(F)C(F)(F)F)C(F)(F)C(F)(F)F)C(F)(F)F)cc1. The maximum absolute atomic E-state index is 14.1. The van der Waals surface area contributed by atoms with Crippen molar-refractivity contribution >= 4 is 10.1 Å². The minimum absolute atomic E-state index is 0.127. The summed E-state index contributed by atoms with van der Waals surface area (Å²) in [4.78, 5) is 1.27. The number of allylic oxidation sites excluding steroid dienone is 2. The van der Waals surface area contributed by atoms with Gasteiger partial charge in [-0.25, -0.2) is 0 Å². The third-order valence-corrected chi connectivity index (χ3v) is 7.92. The highest BCUT2D eigenvalue weighted by Gasteiger charge is 2.96. The molecule has 53 heavy (non-hydrogen) atoms. The Morgan fingerprint density at radius 2 is 0.925 bits per heavy atom. The number of nitrogens with zero attached hydrogens (tertiary/aromatic N) is 1. The maximum atomic E-state index is 14.1. The molecule has 0 bridgehead atoms. The van der Waals surface area contributed by atoms with Gasteiger partial charge in [-0.15, -0.1) is 0 Å². The van der Waals surface area contributed by atoms with Gasteiger partial charge in [0.2, 0.25) is 11.2 Å². The molecule has 0 aromatic heterocycles. The van der Waals surface area contributed by atoms with Gasteiger partial charge < -0.3 is 9.64 Å². The summed E-state index contributed by atoms with van der Waals surface area (Å²) in [6.45, 7) is 10.8. The van der Waals surface area contributed by atoms with Crippen molar-refractivity contribution in [2.45, 2.75) is 107 Å². The van der Waals surface area contributed by atoms with Crippen LogP contribution in [-0.4, -0.2) is 80.2 Å². The molecule has 0 spiro atoms. The van der Waals surface area contributed by atoms with E-state index in [9.17, 15) is 91.8 Å². The lowest BCUT2D eigenvalue weighted by Gasteiger charge is -2.48. The first-order chi connectivity index (χ1) is 23.5. The van der Waals surface area contributed by atoms with E-state index in [-0.39, 0.29) is 24.3 Å². The van der Waals surface area contributed by atoms with Crippen LogP contribution in [0.5, 0.6) is 5.75 Å². The highest BCUT2D eigenvalue weighted by Crippen LogP contribution is 2.72. The summed E-state index contributed by atoms with van der Waals surface area (Å²) in [5, 5.41) is 0. The Morgan fingerprint density at radius 1 is 0.585 bits per heavy atom. The van der Waals surface area contributed by atoms with Crippen molar-refractivity contribution in [3.8, 4) is 5.75 Å². The summed E-state index contributed by atoms with van der Waals surface area (Å²) in [5.41, 5.74) is -15.1. The summed E-state index contributed by atoms with van der Waals surface area (Å²) >= 11 is 0. The fourth-order valence-corrected chi connectivity index (χ4v) is 4.95. The minimum Gasteiger partial charge on any atom is -0.452 e. The third-order valence-electron chi connectivity index (χ3n) is 7.05. The quantitative estimate of drug-likeness (QED) is 0.108. The molecular formula is C28H32F19NO4S.